The standard InChI is InChI=1S/C9H8ClNOS/c1-13-6-12-8-3-2-7(5-11)9(10)4-8/h2-4H,6H2,1H3. The van der Waals surface area contributed by atoms with E-state index in [-0.39, 0.29) is 0 Å². The van der Waals surface area contributed by atoms with E-state index < -0.39 is 0 Å². The SMILES string of the molecule is CSCOc1ccc(C#N)c(Cl)c1. The molecule has 0 saturated carbocycles. The molecule has 0 spiro atoms. The van der Waals surface area contributed by atoms with Crippen LogP contribution in [-0.2, 0) is 0 Å². The lowest BCUT2D eigenvalue weighted by atomic mass is 10.2. The van der Waals surface area contributed by atoms with Crippen LogP contribution in [0.4, 0.5) is 0 Å². The van der Waals surface area contributed by atoms with Crippen molar-refractivity contribution >= 4 is 23.4 Å². The number of halogens is 1. The lowest BCUT2D eigenvalue weighted by molar-refractivity contribution is 0.393. The van der Waals surface area contributed by atoms with E-state index in [4.69, 9.17) is 21.6 Å². The Hall–Kier alpha value is -0.850. The molecule has 0 aliphatic carbocycles. The molecular formula is C9H8ClNOS. The Bertz CT molecular complexity index is 335. The third-order valence-corrected chi connectivity index (χ3v) is 2.07. The van der Waals surface area contributed by atoms with E-state index in [0.29, 0.717) is 22.3 Å². The van der Waals surface area contributed by atoms with Crippen LogP contribution >= 0.6 is 23.4 Å². The molecule has 1 aromatic carbocycles. The summed E-state index contributed by atoms with van der Waals surface area (Å²) in [4.78, 5) is 0. The molecule has 0 aliphatic rings. The summed E-state index contributed by atoms with van der Waals surface area (Å²) in [7, 11) is 0. The number of hydrogen-bond donors (Lipinski definition) is 0. The lowest BCUT2D eigenvalue weighted by Crippen LogP contribution is -1.91. The summed E-state index contributed by atoms with van der Waals surface area (Å²) >= 11 is 7.38. The Labute approximate surface area is 86.5 Å². The molecule has 0 atom stereocenters. The summed E-state index contributed by atoms with van der Waals surface area (Å²) in [5.41, 5.74) is 0.471. The molecule has 0 unspecified atom stereocenters. The van der Waals surface area contributed by atoms with Crippen molar-refractivity contribution in [2.45, 2.75) is 0 Å². The van der Waals surface area contributed by atoms with Crippen LogP contribution in [0.1, 0.15) is 5.56 Å². The molecule has 0 amide bonds. The smallest absolute Gasteiger partial charge is 0.133 e. The number of ether oxygens (including phenoxy) is 1. The van der Waals surface area contributed by atoms with E-state index in [1.165, 1.54) is 0 Å². The van der Waals surface area contributed by atoms with Gasteiger partial charge in [0.15, 0.2) is 0 Å². The van der Waals surface area contributed by atoms with Gasteiger partial charge in [0.05, 0.1) is 10.6 Å². The molecule has 4 heteroatoms. The summed E-state index contributed by atoms with van der Waals surface area (Å²) in [5, 5.41) is 9.04. The average Bonchev–Trinajstić information content (AvgIpc) is 2.15. The molecule has 2 nitrogen and oxygen atoms in total. The molecule has 0 bridgehead atoms. The van der Waals surface area contributed by atoms with Crippen LogP contribution in [-0.4, -0.2) is 12.2 Å². The van der Waals surface area contributed by atoms with E-state index in [9.17, 15) is 0 Å². The third-order valence-electron chi connectivity index (χ3n) is 1.40. The van der Waals surface area contributed by atoms with Crippen molar-refractivity contribution in [3.05, 3.63) is 28.8 Å². The molecule has 68 valence electrons. The van der Waals surface area contributed by atoms with Gasteiger partial charge >= 0.3 is 0 Å². The first-order valence-electron chi connectivity index (χ1n) is 3.59. The maximum absolute atomic E-state index is 8.61. The van der Waals surface area contributed by atoms with Crippen LogP contribution in [0.5, 0.6) is 5.75 Å². The first kappa shape index (κ1) is 10.2. The highest BCUT2D eigenvalue weighted by atomic mass is 35.5. The first-order chi connectivity index (χ1) is 6.27. The van der Waals surface area contributed by atoms with Crippen LogP contribution in [0.2, 0.25) is 5.02 Å². The Morgan fingerprint density at radius 1 is 1.62 bits per heavy atom. The van der Waals surface area contributed by atoms with Crippen LogP contribution in [0.25, 0.3) is 0 Å². The number of benzene rings is 1. The molecule has 1 rings (SSSR count). The van der Waals surface area contributed by atoms with Gasteiger partial charge in [-0.1, -0.05) is 11.6 Å². The summed E-state index contributed by atoms with van der Waals surface area (Å²) in [6.07, 6.45) is 1.95. The summed E-state index contributed by atoms with van der Waals surface area (Å²) in [5.74, 6) is 1.28. The fraction of sp³-hybridized carbons (Fsp3) is 0.222. The van der Waals surface area contributed by atoms with Crippen LogP contribution in [0, 0.1) is 11.3 Å². The zero-order valence-corrected chi connectivity index (χ0v) is 8.65. The van der Waals surface area contributed by atoms with E-state index in [1.807, 2.05) is 12.3 Å². The fourth-order valence-electron chi connectivity index (χ4n) is 0.803. The van der Waals surface area contributed by atoms with E-state index in [1.54, 1.807) is 30.0 Å². The third kappa shape index (κ3) is 2.83. The molecular weight excluding hydrogens is 206 g/mol. The van der Waals surface area contributed by atoms with Gasteiger partial charge in [-0.15, -0.1) is 11.8 Å². The maximum Gasteiger partial charge on any atom is 0.133 e. The highest BCUT2D eigenvalue weighted by molar-refractivity contribution is 7.98. The van der Waals surface area contributed by atoms with Gasteiger partial charge in [-0.25, -0.2) is 0 Å². The van der Waals surface area contributed by atoms with E-state index >= 15 is 0 Å². The average molecular weight is 214 g/mol. The van der Waals surface area contributed by atoms with Crippen LogP contribution < -0.4 is 4.74 Å². The molecule has 0 saturated heterocycles. The topological polar surface area (TPSA) is 33.0 Å². The zero-order valence-electron chi connectivity index (χ0n) is 7.08. The van der Waals surface area contributed by atoms with Crippen molar-refractivity contribution in [2.75, 3.05) is 12.2 Å². The monoisotopic (exact) mass is 213 g/mol. The van der Waals surface area contributed by atoms with Gasteiger partial charge in [-0.3, -0.25) is 0 Å². The lowest BCUT2D eigenvalue weighted by Gasteiger charge is -2.04. The zero-order chi connectivity index (χ0) is 9.68. The minimum Gasteiger partial charge on any atom is -0.483 e. The number of rotatable bonds is 3. The Morgan fingerprint density at radius 3 is 2.92 bits per heavy atom. The van der Waals surface area contributed by atoms with Gasteiger partial charge < -0.3 is 4.74 Å². The molecule has 0 N–H and O–H groups in total. The molecule has 0 fully saturated rings. The Morgan fingerprint density at radius 2 is 2.38 bits per heavy atom. The minimum absolute atomic E-state index is 0.432. The second-order valence-corrected chi connectivity index (χ2v) is 3.52. The molecule has 1 aromatic rings. The van der Waals surface area contributed by atoms with Crippen molar-refractivity contribution in [3.8, 4) is 11.8 Å². The van der Waals surface area contributed by atoms with Crippen LogP contribution in [0.3, 0.4) is 0 Å². The number of thioether (sulfide) groups is 1. The second-order valence-electron chi connectivity index (χ2n) is 2.30. The highest BCUT2D eigenvalue weighted by Gasteiger charge is 2.00. The Balaban J connectivity index is 2.79. The van der Waals surface area contributed by atoms with Crippen molar-refractivity contribution in [2.24, 2.45) is 0 Å². The predicted octanol–water partition coefficient (Wildman–Crippen LogP) is 2.91. The molecule has 0 radical (unpaired) electrons. The van der Waals surface area contributed by atoms with Gasteiger partial charge in [0.25, 0.3) is 0 Å². The van der Waals surface area contributed by atoms with E-state index in [0.717, 1.165) is 0 Å². The Kier molecular flexibility index (Phi) is 3.94. The number of nitrogens with zero attached hydrogens (tertiary/aromatic N) is 1. The number of nitriles is 1. The quantitative estimate of drug-likeness (QED) is 0.724. The van der Waals surface area contributed by atoms with Gasteiger partial charge in [0.1, 0.15) is 17.8 Å². The van der Waals surface area contributed by atoms with Crippen molar-refractivity contribution in [3.63, 3.8) is 0 Å². The summed E-state index contributed by atoms with van der Waals surface area (Å²) in [6.45, 7) is 0. The van der Waals surface area contributed by atoms with Gasteiger partial charge in [-0.2, -0.15) is 5.26 Å². The number of hydrogen-bond acceptors (Lipinski definition) is 3. The highest BCUT2D eigenvalue weighted by Crippen LogP contribution is 2.22. The fourth-order valence-corrected chi connectivity index (χ4v) is 1.27. The van der Waals surface area contributed by atoms with Gasteiger partial charge in [0.2, 0.25) is 0 Å². The summed E-state index contributed by atoms with van der Waals surface area (Å²) < 4.78 is 5.30. The largest absolute Gasteiger partial charge is 0.483 e. The van der Waals surface area contributed by atoms with Crippen LogP contribution in [0.15, 0.2) is 18.2 Å². The van der Waals surface area contributed by atoms with Crippen molar-refractivity contribution < 1.29 is 4.74 Å². The minimum atomic E-state index is 0.432. The maximum atomic E-state index is 8.61. The second kappa shape index (κ2) is 5.00. The molecule has 0 aliphatic heterocycles. The molecule has 0 aromatic heterocycles. The van der Waals surface area contributed by atoms with Crippen molar-refractivity contribution in [1.29, 1.82) is 5.26 Å². The molecule has 0 heterocycles. The van der Waals surface area contributed by atoms with Gasteiger partial charge in [0, 0.05) is 6.07 Å². The molecule has 13 heavy (non-hydrogen) atoms. The van der Waals surface area contributed by atoms with Gasteiger partial charge in [-0.05, 0) is 18.4 Å². The summed E-state index contributed by atoms with van der Waals surface area (Å²) in [6, 6.07) is 7.02. The normalized spacial score (nSPS) is 9.31. The predicted molar refractivity (Wildman–Crippen MR) is 55.2 cm³/mol. The van der Waals surface area contributed by atoms with Crippen molar-refractivity contribution in [1.82, 2.24) is 0 Å². The first-order valence-corrected chi connectivity index (χ1v) is 5.36. The van der Waals surface area contributed by atoms with E-state index in [2.05, 4.69) is 0 Å².